The molecule has 2 aromatic rings. The Bertz CT molecular complexity index is 642. The lowest BCUT2D eigenvalue weighted by molar-refractivity contribution is -0.387. The van der Waals surface area contributed by atoms with Crippen molar-refractivity contribution < 1.29 is 4.92 Å². The molecule has 0 aliphatic carbocycles. The molecule has 110 valence electrons. The number of anilines is 1. The fourth-order valence-corrected chi connectivity index (χ4v) is 2.85. The molecule has 1 unspecified atom stereocenters. The summed E-state index contributed by atoms with van der Waals surface area (Å²) < 4.78 is 0. The molecule has 0 fully saturated rings. The van der Waals surface area contributed by atoms with Gasteiger partial charge in [-0.1, -0.05) is 17.8 Å². The van der Waals surface area contributed by atoms with Crippen molar-refractivity contribution in [2.75, 3.05) is 5.73 Å². The fourth-order valence-electron chi connectivity index (χ4n) is 1.95. The third kappa shape index (κ3) is 4.21. The Morgan fingerprint density at radius 2 is 1.90 bits per heavy atom. The monoisotopic (exact) mass is 303 g/mol. The van der Waals surface area contributed by atoms with Crippen molar-refractivity contribution in [2.24, 2.45) is 5.73 Å². The van der Waals surface area contributed by atoms with Crippen LogP contribution < -0.4 is 11.5 Å². The molecule has 4 N–H and O–H groups in total. The van der Waals surface area contributed by atoms with Crippen molar-refractivity contribution in [1.29, 1.82) is 0 Å². The van der Waals surface area contributed by atoms with E-state index in [1.54, 1.807) is 24.3 Å². The quantitative estimate of drug-likeness (QED) is 0.502. The van der Waals surface area contributed by atoms with Crippen LogP contribution in [0.25, 0.3) is 0 Å². The molecule has 0 aromatic heterocycles. The van der Waals surface area contributed by atoms with Gasteiger partial charge in [0.1, 0.15) is 0 Å². The number of nitrogens with two attached hydrogens (primary N) is 2. The summed E-state index contributed by atoms with van der Waals surface area (Å²) in [5.74, 6) is 0. The SMILES string of the molecule is CC(N)Cc1ccc(Sc2ccc(N)cc2)c([N+](=O)[O-])c1. The maximum atomic E-state index is 11.2. The molecule has 0 heterocycles. The van der Waals surface area contributed by atoms with Crippen LogP contribution >= 0.6 is 11.8 Å². The van der Waals surface area contributed by atoms with Gasteiger partial charge in [0.05, 0.1) is 9.82 Å². The van der Waals surface area contributed by atoms with E-state index in [-0.39, 0.29) is 16.7 Å². The topological polar surface area (TPSA) is 95.2 Å². The van der Waals surface area contributed by atoms with E-state index in [0.29, 0.717) is 17.0 Å². The van der Waals surface area contributed by atoms with Gasteiger partial charge < -0.3 is 11.5 Å². The van der Waals surface area contributed by atoms with Crippen LogP contribution in [0.3, 0.4) is 0 Å². The second-order valence-corrected chi connectivity index (χ2v) is 6.03. The number of hydrogen-bond donors (Lipinski definition) is 2. The lowest BCUT2D eigenvalue weighted by Crippen LogP contribution is -2.17. The van der Waals surface area contributed by atoms with E-state index < -0.39 is 0 Å². The van der Waals surface area contributed by atoms with Crippen LogP contribution in [-0.4, -0.2) is 11.0 Å². The minimum atomic E-state index is -0.357. The largest absolute Gasteiger partial charge is 0.399 e. The molecule has 1 atom stereocenters. The molecule has 0 bridgehead atoms. The van der Waals surface area contributed by atoms with Gasteiger partial charge in [-0.2, -0.15) is 0 Å². The molecule has 0 aliphatic rings. The Balaban J connectivity index is 2.30. The summed E-state index contributed by atoms with van der Waals surface area (Å²) >= 11 is 1.35. The summed E-state index contributed by atoms with van der Waals surface area (Å²) in [6.07, 6.45) is 0.619. The third-order valence-electron chi connectivity index (χ3n) is 2.89. The third-order valence-corrected chi connectivity index (χ3v) is 3.96. The molecule has 2 rings (SSSR count). The molecule has 0 spiro atoms. The molecular weight excluding hydrogens is 286 g/mol. The molecule has 0 amide bonds. The Labute approximate surface area is 127 Å². The van der Waals surface area contributed by atoms with E-state index in [1.165, 1.54) is 11.8 Å². The highest BCUT2D eigenvalue weighted by molar-refractivity contribution is 7.99. The summed E-state index contributed by atoms with van der Waals surface area (Å²) in [7, 11) is 0. The zero-order valence-electron chi connectivity index (χ0n) is 11.7. The number of benzene rings is 2. The summed E-state index contributed by atoms with van der Waals surface area (Å²) in [4.78, 5) is 12.4. The molecular formula is C15H17N3O2S. The van der Waals surface area contributed by atoms with Gasteiger partial charge in [0.15, 0.2) is 0 Å². The Hall–Kier alpha value is -2.05. The number of nitrogens with zero attached hydrogens (tertiary/aromatic N) is 1. The lowest BCUT2D eigenvalue weighted by atomic mass is 10.1. The van der Waals surface area contributed by atoms with Crippen LogP contribution in [-0.2, 0) is 6.42 Å². The Morgan fingerprint density at radius 1 is 1.24 bits per heavy atom. The average Bonchev–Trinajstić information content (AvgIpc) is 2.42. The van der Waals surface area contributed by atoms with Crippen LogP contribution in [0.5, 0.6) is 0 Å². The number of nitro groups is 1. The molecule has 0 aliphatic heterocycles. The van der Waals surface area contributed by atoms with Crippen molar-refractivity contribution in [3.8, 4) is 0 Å². The molecule has 0 radical (unpaired) electrons. The van der Waals surface area contributed by atoms with Crippen LogP contribution in [0.2, 0.25) is 0 Å². The first kappa shape index (κ1) is 15.3. The van der Waals surface area contributed by atoms with Crippen LogP contribution in [0.15, 0.2) is 52.3 Å². The predicted molar refractivity (Wildman–Crippen MR) is 85.4 cm³/mol. The summed E-state index contributed by atoms with van der Waals surface area (Å²) in [6, 6.07) is 12.5. The predicted octanol–water partition coefficient (Wildman–Crippen LogP) is 3.22. The smallest absolute Gasteiger partial charge is 0.283 e. The van der Waals surface area contributed by atoms with Gasteiger partial charge in [-0.3, -0.25) is 10.1 Å². The summed E-state index contributed by atoms with van der Waals surface area (Å²) in [6.45, 7) is 1.88. The summed E-state index contributed by atoms with van der Waals surface area (Å²) in [5, 5.41) is 11.2. The number of rotatable bonds is 5. The van der Waals surface area contributed by atoms with E-state index >= 15 is 0 Å². The normalized spacial score (nSPS) is 12.1. The standard InChI is InChI=1S/C15H17N3O2S/c1-10(16)8-11-2-7-15(14(9-11)18(19)20)21-13-5-3-12(17)4-6-13/h2-7,9-10H,8,16-17H2,1H3. The highest BCUT2D eigenvalue weighted by atomic mass is 32.2. The molecule has 6 heteroatoms. The van der Waals surface area contributed by atoms with Gasteiger partial charge >= 0.3 is 0 Å². The van der Waals surface area contributed by atoms with Gasteiger partial charge in [-0.05, 0) is 49.2 Å². The lowest BCUT2D eigenvalue weighted by Gasteiger charge is -2.08. The van der Waals surface area contributed by atoms with E-state index in [2.05, 4.69) is 0 Å². The minimum Gasteiger partial charge on any atom is -0.399 e. The molecule has 5 nitrogen and oxygen atoms in total. The van der Waals surface area contributed by atoms with E-state index in [0.717, 1.165) is 10.5 Å². The average molecular weight is 303 g/mol. The number of nitrogen functional groups attached to an aromatic ring is 1. The fraction of sp³-hybridized carbons (Fsp3) is 0.200. The number of hydrogen-bond acceptors (Lipinski definition) is 5. The van der Waals surface area contributed by atoms with Crippen LogP contribution in [0, 0.1) is 10.1 Å². The molecule has 21 heavy (non-hydrogen) atoms. The zero-order chi connectivity index (χ0) is 15.4. The van der Waals surface area contributed by atoms with Crippen molar-refractivity contribution in [1.82, 2.24) is 0 Å². The second kappa shape index (κ2) is 6.60. The van der Waals surface area contributed by atoms with Crippen molar-refractivity contribution in [2.45, 2.75) is 29.2 Å². The Morgan fingerprint density at radius 3 is 2.48 bits per heavy atom. The van der Waals surface area contributed by atoms with Crippen molar-refractivity contribution in [3.05, 3.63) is 58.1 Å². The van der Waals surface area contributed by atoms with Crippen molar-refractivity contribution >= 4 is 23.1 Å². The van der Waals surface area contributed by atoms with Crippen LogP contribution in [0.4, 0.5) is 11.4 Å². The zero-order valence-corrected chi connectivity index (χ0v) is 12.5. The highest BCUT2D eigenvalue weighted by Crippen LogP contribution is 2.35. The molecule has 0 saturated carbocycles. The summed E-state index contributed by atoms with van der Waals surface area (Å²) in [5.41, 5.74) is 13.0. The second-order valence-electron chi connectivity index (χ2n) is 4.91. The van der Waals surface area contributed by atoms with E-state index in [9.17, 15) is 10.1 Å². The molecule has 2 aromatic carbocycles. The van der Waals surface area contributed by atoms with Crippen molar-refractivity contribution in [3.63, 3.8) is 0 Å². The van der Waals surface area contributed by atoms with Gasteiger partial charge in [0.25, 0.3) is 5.69 Å². The first-order valence-corrected chi connectivity index (χ1v) is 7.33. The number of nitro benzene ring substituents is 1. The first-order chi connectivity index (χ1) is 9.95. The van der Waals surface area contributed by atoms with Crippen LogP contribution in [0.1, 0.15) is 12.5 Å². The maximum Gasteiger partial charge on any atom is 0.283 e. The Kier molecular flexibility index (Phi) is 4.82. The van der Waals surface area contributed by atoms with E-state index in [4.69, 9.17) is 11.5 Å². The molecule has 0 saturated heterocycles. The minimum absolute atomic E-state index is 0.0276. The van der Waals surface area contributed by atoms with Gasteiger partial charge in [-0.15, -0.1) is 0 Å². The van der Waals surface area contributed by atoms with Gasteiger partial charge in [0, 0.05) is 22.7 Å². The highest BCUT2D eigenvalue weighted by Gasteiger charge is 2.16. The maximum absolute atomic E-state index is 11.2. The first-order valence-electron chi connectivity index (χ1n) is 6.52. The van der Waals surface area contributed by atoms with Gasteiger partial charge in [-0.25, -0.2) is 0 Å². The van der Waals surface area contributed by atoms with E-state index in [1.807, 2.05) is 25.1 Å². The van der Waals surface area contributed by atoms with Gasteiger partial charge in [0.2, 0.25) is 0 Å².